The van der Waals surface area contributed by atoms with E-state index in [1.54, 1.807) is 12.1 Å². The number of hydrogen-bond donors (Lipinski definition) is 2. The molecule has 18 heavy (non-hydrogen) atoms. The lowest BCUT2D eigenvalue weighted by molar-refractivity contribution is -0.117. The van der Waals surface area contributed by atoms with E-state index < -0.39 is 6.04 Å². The van der Waals surface area contributed by atoms with Crippen molar-refractivity contribution in [2.45, 2.75) is 38.6 Å². The van der Waals surface area contributed by atoms with Gasteiger partial charge in [-0.15, -0.1) is 0 Å². The molecule has 0 spiro atoms. The van der Waals surface area contributed by atoms with Crippen molar-refractivity contribution in [3.8, 4) is 6.07 Å². The van der Waals surface area contributed by atoms with Crippen LogP contribution in [0.2, 0.25) is 0 Å². The number of hydrogen-bond acceptors (Lipinski definition) is 3. The number of unbranched alkanes of at least 4 members (excludes halogenated alkanes) is 1. The molecule has 4 heteroatoms. The largest absolute Gasteiger partial charge is 0.325 e. The Morgan fingerprint density at radius 3 is 2.67 bits per heavy atom. The van der Waals surface area contributed by atoms with Gasteiger partial charge in [-0.2, -0.15) is 5.26 Å². The Labute approximate surface area is 108 Å². The Kier molecular flexibility index (Phi) is 5.89. The van der Waals surface area contributed by atoms with Crippen molar-refractivity contribution in [2.24, 2.45) is 5.73 Å². The zero-order valence-electron chi connectivity index (χ0n) is 10.6. The molecular weight excluding hydrogens is 226 g/mol. The van der Waals surface area contributed by atoms with Gasteiger partial charge in [-0.1, -0.05) is 31.9 Å². The summed E-state index contributed by atoms with van der Waals surface area (Å²) in [5.74, 6) is -0.156. The summed E-state index contributed by atoms with van der Waals surface area (Å²) >= 11 is 0. The lowest BCUT2D eigenvalue weighted by Gasteiger charge is -2.11. The molecule has 4 nitrogen and oxygen atoms in total. The first-order valence-corrected chi connectivity index (χ1v) is 6.19. The third-order valence-electron chi connectivity index (χ3n) is 2.71. The van der Waals surface area contributed by atoms with Crippen LogP contribution in [0.5, 0.6) is 0 Å². The number of amides is 1. The van der Waals surface area contributed by atoms with E-state index in [0.29, 0.717) is 18.5 Å². The van der Waals surface area contributed by atoms with Gasteiger partial charge in [0.1, 0.15) is 0 Å². The number of nitrogens with one attached hydrogen (secondary N) is 1. The SMILES string of the molecule is CCCCC(N)C(=O)Nc1ccc(CC#N)cc1. The highest BCUT2D eigenvalue weighted by Gasteiger charge is 2.12. The van der Waals surface area contributed by atoms with Crippen LogP contribution in [-0.4, -0.2) is 11.9 Å². The summed E-state index contributed by atoms with van der Waals surface area (Å²) in [6.45, 7) is 2.07. The summed E-state index contributed by atoms with van der Waals surface area (Å²) < 4.78 is 0. The maximum atomic E-state index is 11.7. The van der Waals surface area contributed by atoms with Crippen LogP contribution in [-0.2, 0) is 11.2 Å². The van der Waals surface area contributed by atoms with E-state index in [1.807, 2.05) is 12.1 Å². The maximum absolute atomic E-state index is 11.7. The second-order valence-corrected chi connectivity index (χ2v) is 4.27. The van der Waals surface area contributed by atoms with Gasteiger partial charge in [0.2, 0.25) is 5.91 Å². The van der Waals surface area contributed by atoms with Gasteiger partial charge in [-0.05, 0) is 24.1 Å². The van der Waals surface area contributed by atoms with Crippen molar-refractivity contribution in [3.05, 3.63) is 29.8 Å². The molecule has 0 bridgehead atoms. The van der Waals surface area contributed by atoms with E-state index in [9.17, 15) is 4.79 Å². The van der Waals surface area contributed by atoms with Crippen LogP contribution in [0.3, 0.4) is 0 Å². The van der Waals surface area contributed by atoms with Gasteiger partial charge < -0.3 is 11.1 Å². The molecule has 1 amide bonds. The molecule has 1 unspecified atom stereocenters. The van der Waals surface area contributed by atoms with Crippen molar-refractivity contribution in [3.63, 3.8) is 0 Å². The van der Waals surface area contributed by atoms with Gasteiger partial charge in [-0.25, -0.2) is 0 Å². The molecule has 0 aliphatic heterocycles. The first kappa shape index (κ1) is 14.2. The van der Waals surface area contributed by atoms with Gasteiger partial charge in [0.25, 0.3) is 0 Å². The molecule has 1 atom stereocenters. The monoisotopic (exact) mass is 245 g/mol. The fourth-order valence-corrected chi connectivity index (χ4v) is 1.59. The predicted octanol–water partition coefficient (Wildman–Crippen LogP) is 2.21. The normalized spacial score (nSPS) is 11.6. The number of anilines is 1. The van der Waals surface area contributed by atoms with E-state index in [1.165, 1.54) is 0 Å². The first-order chi connectivity index (χ1) is 8.67. The fourth-order valence-electron chi connectivity index (χ4n) is 1.59. The Bertz CT molecular complexity index is 420. The Morgan fingerprint density at radius 1 is 1.44 bits per heavy atom. The van der Waals surface area contributed by atoms with Crippen molar-refractivity contribution >= 4 is 11.6 Å². The van der Waals surface area contributed by atoms with Crippen LogP contribution in [0.15, 0.2) is 24.3 Å². The highest BCUT2D eigenvalue weighted by Crippen LogP contribution is 2.11. The minimum Gasteiger partial charge on any atom is -0.325 e. The number of nitrogens with zero attached hydrogens (tertiary/aromatic N) is 1. The third-order valence-corrected chi connectivity index (χ3v) is 2.71. The summed E-state index contributed by atoms with van der Waals surface area (Å²) in [5.41, 5.74) is 7.43. The Balaban J connectivity index is 2.51. The van der Waals surface area contributed by atoms with Crippen molar-refractivity contribution in [1.82, 2.24) is 0 Å². The van der Waals surface area contributed by atoms with Crippen LogP contribution in [0.4, 0.5) is 5.69 Å². The van der Waals surface area contributed by atoms with E-state index >= 15 is 0 Å². The minimum atomic E-state index is -0.455. The number of rotatable bonds is 6. The molecule has 0 fully saturated rings. The Hall–Kier alpha value is -1.86. The van der Waals surface area contributed by atoms with Crippen molar-refractivity contribution in [1.29, 1.82) is 5.26 Å². The van der Waals surface area contributed by atoms with Crippen LogP contribution >= 0.6 is 0 Å². The molecule has 0 aromatic heterocycles. The van der Waals surface area contributed by atoms with Gasteiger partial charge in [-0.3, -0.25) is 4.79 Å². The molecule has 0 radical (unpaired) electrons. The predicted molar refractivity (Wildman–Crippen MR) is 71.9 cm³/mol. The van der Waals surface area contributed by atoms with Gasteiger partial charge in [0, 0.05) is 5.69 Å². The van der Waals surface area contributed by atoms with Crippen molar-refractivity contribution in [2.75, 3.05) is 5.32 Å². The molecule has 0 heterocycles. The van der Waals surface area contributed by atoms with E-state index in [-0.39, 0.29) is 5.91 Å². The molecule has 0 saturated carbocycles. The van der Waals surface area contributed by atoms with Gasteiger partial charge in [0.05, 0.1) is 18.5 Å². The zero-order valence-corrected chi connectivity index (χ0v) is 10.6. The number of carbonyl (C=O) groups excluding carboxylic acids is 1. The summed E-state index contributed by atoms with van der Waals surface area (Å²) in [4.78, 5) is 11.7. The molecular formula is C14H19N3O. The van der Waals surface area contributed by atoms with E-state index in [2.05, 4.69) is 18.3 Å². The number of nitrogens with two attached hydrogens (primary N) is 1. The quantitative estimate of drug-likeness (QED) is 0.806. The summed E-state index contributed by atoms with van der Waals surface area (Å²) in [5, 5.41) is 11.3. The molecule has 1 rings (SSSR count). The van der Waals surface area contributed by atoms with Gasteiger partial charge in [0.15, 0.2) is 0 Å². The van der Waals surface area contributed by atoms with Crippen LogP contribution in [0.1, 0.15) is 31.7 Å². The van der Waals surface area contributed by atoms with Crippen LogP contribution in [0, 0.1) is 11.3 Å². The highest BCUT2D eigenvalue weighted by atomic mass is 16.2. The summed E-state index contributed by atoms with van der Waals surface area (Å²) in [7, 11) is 0. The zero-order chi connectivity index (χ0) is 13.4. The average Bonchev–Trinajstić information content (AvgIpc) is 2.38. The number of carbonyl (C=O) groups is 1. The second kappa shape index (κ2) is 7.46. The molecule has 1 aromatic carbocycles. The lowest BCUT2D eigenvalue weighted by Crippen LogP contribution is -2.35. The highest BCUT2D eigenvalue weighted by molar-refractivity contribution is 5.94. The van der Waals surface area contributed by atoms with Crippen LogP contribution < -0.4 is 11.1 Å². The second-order valence-electron chi connectivity index (χ2n) is 4.27. The average molecular weight is 245 g/mol. The van der Waals surface area contributed by atoms with E-state index in [4.69, 9.17) is 11.0 Å². The molecule has 0 aliphatic carbocycles. The number of benzene rings is 1. The standard InChI is InChI=1S/C14H19N3O/c1-2-3-4-13(16)14(18)17-12-7-5-11(6-8-12)9-10-15/h5-8,13H,2-4,9,16H2,1H3,(H,17,18). The first-order valence-electron chi connectivity index (χ1n) is 6.19. The smallest absolute Gasteiger partial charge is 0.241 e. The van der Waals surface area contributed by atoms with Gasteiger partial charge >= 0.3 is 0 Å². The fraction of sp³-hybridized carbons (Fsp3) is 0.429. The molecule has 0 saturated heterocycles. The molecule has 3 N–H and O–H groups in total. The molecule has 0 aliphatic rings. The Morgan fingerprint density at radius 2 is 2.11 bits per heavy atom. The topological polar surface area (TPSA) is 78.9 Å². The van der Waals surface area contributed by atoms with Crippen LogP contribution in [0.25, 0.3) is 0 Å². The molecule has 96 valence electrons. The maximum Gasteiger partial charge on any atom is 0.241 e. The van der Waals surface area contributed by atoms with Crippen molar-refractivity contribution < 1.29 is 4.79 Å². The third kappa shape index (κ3) is 4.56. The lowest BCUT2D eigenvalue weighted by atomic mass is 10.1. The summed E-state index contributed by atoms with van der Waals surface area (Å²) in [6.07, 6.45) is 3.07. The number of nitriles is 1. The van der Waals surface area contributed by atoms with E-state index in [0.717, 1.165) is 18.4 Å². The molecule has 1 aromatic rings. The summed E-state index contributed by atoms with van der Waals surface area (Å²) in [6, 6.07) is 8.86. The minimum absolute atomic E-state index is 0.156.